The second kappa shape index (κ2) is 4.80. The van der Waals surface area contributed by atoms with Crippen LogP contribution in [0.25, 0.3) is 10.8 Å². The molecule has 106 valence electrons. The molecule has 0 bridgehead atoms. The molecule has 2 rings (SSSR count). The monoisotopic (exact) mass is 302 g/mol. The number of alkyl halides is 2. The van der Waals surface area contributed by atoms with Gasteiger partial charge in [-0.2, -0.15) is 17.2 Å². The third-order valence-electron chi connectivity index (χ3n) is 2.49. The molecule has 5 nitrogen and oxygen atoms in total. The van der Waals surface area contributed by atoms with Crippen LogP contribution in [0.4, 0.5) is 8.78 Å². The highest BCUT2D eigenvalue weighted by Crippen LogP contribution is 2.26. The highest BCUT2D eigenvalue weighted by Gasteiger charge is 2.54. The van der Waals surface area contributed by atoms with Crippen LogP contribution in [0.5, 0.6) is 5.75 Å². The van der Waals surface area contributed by atoms with Gasteiger partial charge >= 0.3 is 21.3 Å². The molecule has 0 aliphatic heterocycles. The lowest BCUT2D eigenvalue weighted by Gasteiger charge is -2.12. The van der Waals surface area contributed by atoms with Crippen LogP contribution in [0.2, 0.25) is 0 Å². The van der Waals surface area contributed by atoms with Crippen molar-refractivity contribution in [1.82, 2.24) is 0 Å². The van der Waals surface area contributed by atoms with Crippen molar-refractivity contribution in [3.05, 3.63) is 42.5 Å². The molecular weight excluding hydrogens is 294 g/mol. The van der Waals surface area contributed by atoms with Crippen molar-refractivity contribution in [2.75, 3.05) is 0 Å². The van der Waals surface area contributed by atoms with Crippen LogP contribution in [0.15, 0.2) is 42.5 Å². The lowest BCUT2D eigenvalue weighted by Crippen LogP contribution is -2.40. The van der Waals surface area contributed by atoms with Gasteiger partial charge in [0.1, 0.15) is 5.75 Å². The van der Waals surface area contributed by atoms with Gasteiger partial charge in [0, 0.05) is 0 Å². The first-order valence-corrected chi connectivity index (χ1v) is 6.72. The van der Waals surface area contributed by atoms with Gasteiger partial charge in [0.15, 0.2) is 0 Å². The van der Waals surface area contributed by atoms with Gasteiger partial charge in [0.05, 0.1) is 0 Å². The fraction of sp³-hybridized carbons (Fsp3) is 0.0833. The summed E-state index contributed by atoms with van der Waals surface area (Å²) in [6.07, 6.45) is 0. The standard InChI is InChI=1S/C12H8F2O5S/c13-12(14,20(16,17)18)11(15)19-10-6-5-8-3-1-2-4-9(8)7-10/h1-7H,(H,16,17,18). The number of rotatable bonds is 3. The SMILES string of the molecule is O=C(Oc1ccc2ccccc2c1)C(F)(F)S(=O)(=O)O. The first-order chi connectivity index (χ1) is 9.22. The van der Waals surface area contributed by atoms with Crippen LogP contribution in [0, 0.1) is 0 Å². The van der Waals surface area contributed by atoms with E-state index >= 15 is 0 Å². The third-order valence-corrected chi connectivity index (χ3v) is 3.31. The highest BCUT2D eigenvalue weighted by atomic mass is 32.2. The predicted octanol–water partition coefficient (Wildman–Crippen LogP) is 2.23. The van der Waals surface area contributed by atoms with E-state index < -0.39 is 21.3 Å². The van der Waals surface area contributed by atoms with Gasteiger partial charge in [-0.1, -0.05) is 30.3 Å². The molecule has 0 aliphatic carbocycles. The van der Waals surface area contributed by atoms with Crippen LogP contribution < -0.4 is 4.74 Å². The number of benzene rings is 2. The Morgan fingerprint density at radius 1 is 1.10 bits per heavy atom. The highest BCUT2D eigenvalue weighted by molar-refractivity contribution is 7.87. The number of esters is 1. The minimum atomic E-state index is -5.87. The van der Waals surface area contributed by atoms with Gasteiger partial charge in [0.25, 0.3) is 0 Å². The first kappa shape index (κ1) is 14.4. The van der Waals surface area contributed by atoms with E-state index in [-0.39, 0.29) is 5.75 Å². The number of ether oxygens (including phenoxy) is 1. The maximum Gasteiger partial charge on any atom is 0.466 e. The van der Waals surface area contributed by atoms with Gasteiger partial charge in [-0.3, -0.25) is 4.55 Å². The number of hydrogen-bond acceptors (Lipinski definition) is 4. The molecular formula is C12H8F2O5S. The van der Waals surface area contributed by atoms with Gasteiger partial charge in [-0.15, -0.1) is 0 Å². The molecule has 0 unspecified atom stereocenters. The molecule has 20 heavy (non-hydrogen) atoms. The molecule has 0 heterocycles. The summed E-state index contributed by atoms with van der Waals surface area (Å²) in [5.74, 6) is -2.62. The van der Waals surface area contributed by atoms with Gasteiger partial charge in [0.2, 0.25) is 0 Å². The molecule has 0 amide bonds. The molecule has 0 aliphatic rings. The van der Waals surface area contributed by atoms with E-state index in [0.29, 0.717) is 5.39 Å². The van der Waals surface area contributed by atoms with E-state index in [9.17, 15) is 22.0 Å². The summed E-state index contributed by atoms with van der Waals surface area (Å²) in [6.45, 7) is 0. The Morgan fingerprint density at radius 2 is 1.70 bits per heavy atom. The normalized spacial score (nSPS) is 12.3. The summed E-state index contributed by atoms with van der Waals surface area (Å²) in [4.78, 5) is 11.1. The smallest absolute Gasteiger partial charge is 0.421 e. The largest absolute Gasteiger partial charge is 0.466 e. The lowest BCUT2D eigenvalue weighted by molar-refractivity contribution is -0.151. The Labute approximate surface area is 112 Å². The van der Waals surface area contributed by atoms with E-state index in [1.165, 1.54) is 18.2 Å². The van der Waals surface area contributed by atoms with Crippen LogP contribution in [-0.4, -0.2) is 24.2 Å². The van der Waals surface area contributed by atoms with Crippen molar-refractivity contribution < 1.29 is 31.3 Å². The van der Waals surface area contributed by atoms with Crippen molar-refractivity contribution in [3.63, 3.8) is 0 Å². The van der Waals surface area contributed by atoms with Crippen molar-refractivity contribution in [3.8, 4) is 5.75 Å². The average Bonchev–Trinajstić information content (AvgIpc) is 2.37. The fourth-order valence-corrected chi connectivity index (χ4v) is 1.75. The number of halogens is 2. The lowest BCUT2D eigenvalue weighted by atomic mass is 10.1. The van der Waals surface area contributed by atoms with Crippen LogP contribution >= 0.6 is 0 Å². The molecule has 0 spiro atoms. The summed E-state index contributed by atoms with van der Waals surface area (Å²) in [5, 5.41) is -3.61. The molecule has 0 saturated heterocycles. The van der Waals surface area contributed by atoms with E-state index in [0.717, 1.165) is 5.39 Å². The molecule has 0 atom stereocenters. The molecule has 0 radical (unpaired) electrons. The Morgan fingerprint density at radius 3 is 2.30 bits per heavy atom. The van der Waals surface area contributed by atoms with Crippen molar-refractivity contribution in [2.45, 2.75) is 5.25 Å². The summed E-state index contributed by atoms with van der Waals surface area (Å²) >= 11 is 0. The molecule has 1 N–H and O–H groups in total. The quantitative estimate of drug-likeness (QED) is 0.534. The van der Waals surface area contributed by atoms with Gasteiger partial charge in [-0.25, -0.2) is 4.79 Å². The van der Waals surface area contributed by atoms with Crippen molar-refractivity contribution in [1.29, 1.82) is 0 Å². The summed E-state index contributed by atoms with van der Waals surface area (Å²) in [6, 6.07) is 10.9. The summed E-state index contributed by atoms with van der Waals surface area (Å²) in [5.41, 5.74) is 0. The topological polar surface area (TPSA) is 80.7 Å². The minimum Gasteiger partial charge on any atom is -0.421 e. The summed E-state index contributed by atoms with van der Waals surface area (Å²) in [7, 11) is -5.87. The molecule has 0 saturated carbocycles. The van der Waals surface area contributed by atoms with Crippen LogP contribution in [0.1, 0.15) is 0 Å². The van der Waals surface area contributed by atoms with Crippen LogP contribution in [-0.2, 0) is 14.9 Å². The van der Waals surface area contributed by atoms with Crippen LogP contribution in [0.3, 0.4) is 0 Å². The molecule has 2 aromatic carbocycles. The van der Waals surface area contributed by atoms with E-state index in [1.54, 1.807) is 24.3 Å². The van der Waals surface area contributed by atoms with E-state index in [1.807, 2.05) is 0 Å². The molecule has 0 aromatic heterocycles. The number of fused-ring (bicyclic) bond motifs is 1. The zero-order valence-electron chi connectivity index (χ0n) is 9.79. The third kappa shape index (κ3) is 2.61. The summed E-state index contributed by atoms with van der Waals surface area (Å²) < 4.78 is 59.4. The number of hydrogen-bond donors (Lipinski definition) is 1. The molecule has 0 fully saturated rings. The Balaban J connectivity index is 2.31. The zero-order chi connectivity index (χ0) is 15.0. The van der Waals surface area contributed by atoms with Crippen molar-refractivity contribution >= 4 is 26.9 Å². The fourth-order valence-electron chi connectivity index (χ4n) is 1.50. The van der Waals surface area contributed by atoms with E-state index in [4.69, 9.17) is 4.55 Å². The zero-order valence-corrected chi connectivity index (χ0v) is 10.6. The maximum atomic E-state index is 13.0. The van der Waals surface area contributed by atoms with E-state index in [2.05, 4.69) is 4.74 Å². The Kier molecular flexibility index (Phi) is 3.45. The van der Waals surface area contributed by atoms with Gasteiger partial charge < -0.3 is 4.74 Å². The maximum absolute atomic E-state index is 13.0. The van der Waals surface area contributed by atoms with Gasteiger partial charge in [-0.05, 0) is 22.9 Å². The minimum absolute atomic E-state index is 0.253. The Hall–Kier alpha value is -2.06. The number of carbonyl (C=O) groups is 1. The Bertz CT molecular complexity index is 770. The average molecular weight is 302 g/mol. The predicted molar refractivity (Wildman–Crippen MR) is 66.1 cm³/mol. The van der Waals surface area contributed by atoms with Crippen molar-refractivity contribution in [2.24, 2.45) is 0 Å². The number of carbonyl (C=O) groups excluding carboxylic acids is 1. The molecule has 2 aromatic rings. The second-order valence-electron chi connectivity index (χ2n) is 3.89. The first-order valence-electron chi connectivity index (χ1n) is 5.28. The second-order valence-corrected chi connectivity index (χ2v) is 5.35. The molecule has 8 heteroatoms.